The van der Waals surface area contributed by atoms with Gasteiger partial charge in [0.15, 0.2) is 23.2 Å². The molecule has 0 saturated carbocycles. The molecule has 5 nitrogen and oxygen atoms in total. The molecule has 0 unspecified atom stereocenters. The highest BCUT2D eigenvalue weighted by Gasteiger charge is 2.29. The zero-order chi connectivity index (χ0) is 18.0. The Morgan fingerprint density at radius 1 is 1.08 bits per heavy atom. The van der Waals surface area contributed by atoms with Crippen molar-refractivity contribution in [1.29, 1.82) is 0 Å². The smallest absolute Gasteiger partial charge is 0.289 e. The molecule has 0 aliphatic carbocycles. The lowest BCUT2D eigenvalue weighted by Crippen LogP contribution is -2.41. The van der Waals surface area contributed by atoms with Crippen molar-refractivity contribution in [3.8, 4) is 0 Å². The predicted molar refractivity (Wildman–Crippen MR) is 82.3 cm³/mol. The van der Waals surface area contributed by atoms with Crippen LogP contribution in [0.4, 0.5) is 18.9 Å². The normalized spacial score (nSPS) is 15.2. The number of hydrogen-bond donors (Lipinski definition) is 1. The summed E-state index contributed by atoms with van der Waals surface area (Å²) in [6.45, 7) is 0.690. The Morgan fingerprint density at radius 3 is 2.44 bits per heavy atom. The van der Waals surface area contributed by atoms with E-state index in [0.717, 1.165) is 12.1 Å². The van der Waals surface area contributed by atoms with E-state index in [0.29, 0.717) is 25.9 Å². The zero-order valence-electron chi connectivity index (χ0n) is 13.1. The maximum Gasteiger partial charge on any atom is 0.289 e. The summed E-state index contributed by atoms with van der Waals surface area (Å²) in [5.74, 6) is -5.35. The van der Waals surface area contributed by atoms with E-state index in [9.17, 15) is 22.8 Å². The minimum atomic E-state index is -1.63. The zero-order valence-corrected chi connectivity index (χ0v) is 13.1. The Kier molecular flexibility index (Phi) is 4.78. The molecular formula is C17H15F3N2O3. The average molecular weight is 352 g/mol. The van der Waals surface area contributed by atoms with Crippen LogP contribution >= 0.6 is 0 Å². The van der Waals surface area contributed by atoms with E-state index in [1.54, 1.807) is 17.0 Å². The molecule has 1 fully saturated rings. The van der Waals surface area contributed by atoms with Crippen molar-refractivity contribution < 1.29 is 27.2 Å². The summed E-state index contributed by atoms with van der Waals surface area (Å²) in [6, 6.07) is 4.90. The molecular weight excluding hydrogens is 337 g/mol. The van der Waals surface area contributed by atoms with Crippen molar-refractivity contribution >= 4 is 17.5 Å². The second-order valence-electron chi connectivity index (χ2n) is 5.76. The van der Waals surface area contributed by atoms with Crippen LogP contribution in [0.5, 0.6) is 0 Å². The molecule has 0 spiro atoms. The first kappa shape index (κ1) is 17.1. The molecule has 1 aliphatic heterocycles. The number of piperidine rings is 1. The second kappa shape index (κ2) is 7.00. The van der Waals surface area contributed by atoms with Gasteiger partial charge in [0.25, 0.3) is 5.91 Å². The van der Waals surface area contributed by atoms with Gasteiger partial charge in [-0.05, 0) is 37.1 Å². The van der Waals surface area contributed by atoms with Crippen LogP contribution in [-0.2, 0) is 4.79 Å². The van der Waals surface area contributed by atoms with Crippen LogP contribution in [0, 0.1) is 23.4 Å². The number of rotatable bonds is 3. The van der Waals surface area contributed by atoms with Crippen LogP contribution < -0.4 is 5.32 Å². The van der Waals surface area contributed by atoms with Crippen molar-refractivity contribution in [2.24, 2.45) is 5.92 Å². The lowest BCUT2D eigenvalue weighted by atomic mass is 9.95. The Labute approximate surface area is 141 Å². The van der Waals surface area contributed by atoms with Gasteiger partial charge in [-0.25, -0.2) is 13.2 Å². The number of nitrogens with one attached hydrogen (secondary N) is 1. The van der Waals surface area contributed by atoms with Gasteiger partial charge in [-0.3, -0.25) is 9.59 Å². The molecule has 1 aromatic carbocycles. The summed E-state index contributed by atoms with van der Waals surface area (Å²) < 4.78 is 44.8. The number of halogens is 3. The van der Waals surface area contributed by atoms with Crippen molar-refractivity contribution in [2.75, 3.05) is 18.4 Å². The van der Waals surface area contributed by atoms with Gasteiger partial charge in [-0.1, -0.05) is 0 Å². The number of furan rings is 1. The van der Waals surface area contributed by atoms with Crippen molar-refractivity contribution in [3.05, 3.63) is 53.7 Å². The van der Waals surface area contributed by atoms with Crippen LogP contribution in [-0.4, -0.2) is 29.8 Å². The molecule has 2 aromatic rings. The number of hydrogen-bond acceptors (Lipinski definition) is 3. The van der Waals surface area contributed by atoms with Crippen molar-refractivity contribution in [3.63, 3.8) is 0 Å². The third-order valence-electron chi connectivity index (χ3n) is 4.18. The topological polar surface area (TPSA) is 62.6 Å². The number of benzene rings is 1. The number of carbonyl (C=O) groups is 2. The number of nitrogens with zero attached hydrogens (tertiary/aromatic N) is 1. The Hall–Kier alpha value is -2.77. The minimum Gasteiger partial charge on any atom is -0.459 e. The number of anilines is 1. The fraction of sp³-hybridized carbons (Fsp3) is 0.294. The summed E-state index contributed by atoms with van der Waals surface area (Å²) in [4.78, 5) is 25.9. The summed E-state index contributed by atoms with van der Waals surface area (Å²) >= 11 is 0. The van der Waals surface area contributed by atoms with E-state index in [1.165, 1.54) is 6.26 Å². The Balaban J connectivity index is 1.59. The maximum atomic E-state index is 13.6. The van der Waals surface area contributed by atoms with Gasteiger partial charge in [0.05, 0.1) is 12.0 Å². The highest BCUT2D eigenvalue weighted by molar-refractivity contribution is 5.94. The van der Waals surface area contributed by atoms with Crippen LogP contribution in [0.2, 0.25) is 0 Å². The van der Waals surface area contributed by atoms with E-state index < -0.39 is 35.0 Å². The monoisotopic (exact) mass is 352 g/mol. The minimum absolute atomic E-state index is 0.228. The van der Waals surface area contributed by atoms with Crippen LogP contribution in [0.25, 0.3) is 0 Å². The van der Waals surface area contributed by atoms with Gasteiger partial charge in [-0.2, -0.15) is 0 Å². The molecule has 1 saturated heterocycles. The summed E-state index contributed by atoms with van der Waals surface area (Å²) in [5, 5.41) is 2.28. The molecule has 8 heteroatoms. The van der Waals surface area contributed by atoms with E-state index in [-0.39, 0.29) is 11.7 Å². The molecule has 0 bridgehead atoms. The lowest BCUT2D eigenvalue weighted by molar-refractivity contribution is -0.121. The number of carbonyl (C=O) groups excluding carboxylic acids is 2. The van der Waals surface area contributed by atoms with Crippen LogP contribution in [0.1, 0.15) is 23.4 Å². The van der Waals surface area contributed by atoms with Crippen LogP contribution in [0.3, 0.4) is 0 Å². The number of amides is 2. The molecule has 1 N–H and O–H groups in total. The predicted octanol–water partition coefficient (Wildman–Crippen LogP) is 3.19. The second-order valence-corrected chi connectivity index (χ2v) is 5.76. The lowest BCUT2D eigenvalue weighted by Gasteiger charge is -2.30. The summed E-state index contributed by atoms with van der Waals surface area (Å²) in [6.07, 6.45) is 2.16. The highest BCUT2D eigenvalue weighted by atomic mass is 19.2. The third-order valence-corrected chi connectivity index (χ3v) is 4.18. The molecule has 2 heterocycles. The van der Waals surface area contributed by atoms with Gasteiger partial charge < -0.3 is 14.6 Å². The number of likely N-dealkylation sites (tertiary alicyclic amines) is 1. The Morgan fingerprint density at radius 2 is 1.80 bits per heavy atom. The quantitative estimate of drug-likeness (QED) is 0.863. The molecule has 0 radical (unpaired) electrons. The molecule has 25 heavy (non-hydrogen) atoms. The van der Waals surface area contributed by atoms with Gasteiger partial charge >= 0.3 is 0 Å². The third kappa shape index (κ3) is 3.52. The fourth-order valence-electron chi connectivity index (χ4n) is 2.76. The summed E-state index contributed by atoms with van der Waals surface area (Å²) in [7, 11) is 0. The van der Waals surface area contributed by atoms with Crippen LogP contribution in [0.15, 0.2) is 34.9 Å². The van der Waals surface area contributed by atoms with Gasteiger partial charge in [0, 0.05) is 19.0 Å². The molecule has 1 aromatic heterocycles. The van der Waals surface area contributed by atoms with Crippen molar-refractivity contribution in [1.82, 2.24) is 4.90 Å². The largest absolute Gasteiger partial charge is 0.459 e. The fourth-order valence-corrected chi connectivity index (χ4v) is 2.76. The van der Waals surface area contributed by atoms with Gasteiger partial charge in [0.2, 0.25) is 5.91 Å². The molecule has 2 amide bonds. The standard InChI is InChI=1S/C17H15F3N2O3/c18-11-3-4-12(15(20)14(11)19)21-16(23)10-5-7-22(8-6-10)17(24)13-2-1-9-25-13/h1-4,9-10H,5-8H2,(H,21,23). The van der Waals surface area contributed by atoms with E-state index in [4.69, 9.17) is 4.42 Å². The first-order valence-corrected chi connectivity index (χ1v) is 7.74. The van der Waals surface area contributed by atoms with E-state index >= 15 is 0 Å². The summed E-state index contributed by atoms with van der Waals surface area (Å²) in [5.41, 5.74) is -0.405. The Bertz CT molecular complexity index is 785. The maximum absolute atomic E-state index is 13.6. The average Bonchev–Trinajstić information content (AvgIpc) is 3.16. The van der Waals surface area contributed by atoms with Gasteiger partial charge in [-0.15, -0.1) is 0 Å². The molecule has 0 atom stereocenters. The first-order chi connectivity index (χ1) is 12.0. The van der Waals surface area contributed by atoms with Gasteiger partial charge in [0.1, 0.15) is 0 Å². The first-order valence-electron chi connectivity index (χ1n) is 7.74. The SMILES string of the molecule is O=C(Nc1ccc(F)c(F)c1F)C1CCN(C(=O)c2ccco2)CC1. The molecule has 132 valence electrons. The highest BCUT2D eigenvalue weighted by Crippen LogP contribution is 2.24. The van der Waals surface area contributed by atoms with E-state index in [2.05, 4.69) is 5.32 Å². The molecule has 3 rings (SSSR count). The van der Waals surface area contributed by atoms with E-state index in [1.807, 2.05) is 0 Å². The van der Waals surface area contributed by atoms with Crippen molar-refractivity contribution in [2.45, 2.75) is 12.8 Å². The molecule has 1 aliphatic rings.